The molecular weight excluding hydrogens is 356 g/mol. The Morgan fingerprint density at radius 2 is 2.00 bits per heavy atom. The van der Waals surface area contributed by atoms with Crippen LogP contribution in [0.25, 0.3) is 0 Å². The van der Waals surface area contributed by atoms with E-state index in [1.54, 1.807) is 13.2 Å². The highest BCUT2D eigenvalue weighted by molar-refractivity contribution is 5.90. The largest absolute Gasteiger partial charge is 0.384 e. The van der Waals surface area contributed by atoms with Crippen LogP contribution < -0.4 is 10.9 Å². The Morgan fingerprint density at radius 1 is 1.21 bits per heavy atom. The molecule has 1 amide bonds. The minimum atomic E-state index is -0.177. The number of carbonyl (C=O) groups is 1. The van der Waals surface area contributed by atoms with Gasteiger partial charge in [-0.2, -0.15) is 0 Å². The van der Waals surface area contributed by atoms with Crippen LogP contribution in [0.4, 0.5) is 5.69 Å². The van der Waals surface area contributed by atoms with E-state index < -0.39 is 0 Å². The second kappa shape index (κ2) is 8.35. The Labute approximate surface area is 166 Å². The van der Waals surface area contributed by atoms with Crippen molar-refractivity contribution in [1.29, 1.82) is 0 Å². The molecule has 3 aliphatic rings. The number of nitrogens with zero attached hydrogens (tertiary/aromatic N) is 3. The standard InChI is InChI=1S/C21H32N4O3/c1-23-8-5-17(6-9-23)24-12-15-11-16(14-24)19-4-3-18(21(27)25(19)13-15)22-20(26)7-10-28-2/h3-4,15-17H,5-14H2,1-2H3,(H,22,26). The summed E-state index contributed by atoms with van der Waals surface area (Å²) in [6.45, 7) is 5.60. The zero-order chi connectivity index (χ0) is 19.7. The summed E-state index contributed by atoms with van der Waals surface area (Å²) in [6, 6.07) is 4.51. The topological polar surface area (TPSA) is 66.8 Å². The number of aromatic nitrogens is 1. The lowest BCUT2D eigenvalue weighted by Gasteiger charge is -2.47. The van der Waals surface area contributed by atoms with Crippen LogP contribution in [0.1, 0.15) is 37.3 Å². The highest BCUT2D eigenvalue weighted by atomic mass is 16.5. The lowest BCUT2D eigenvalue weighted by atomic mass is 9.82. The number of carbonyl (C=O) groups excluding carboxylic acids is 1. The fraction of sp³-hybridized carbons (Fsp3) is 0.714. The summed E-state index contributed by atoms with van der Waals surface area (Å²) in [4.78, 5) is 30.0. The number of anilines is 1. The predicted octanol–water partition coefficient (Wildman–Crippen LogP) is 1.34. The summed E-state index contributed by atoms with van der Waals surface area (Å²) in [7, 11) is 3.77. The minimum absolute atomic E-state index is 0.0642. The minimum Gasteiger partial charge on any atom is -0.384 e. The van der Waals surface area contributed by atoms with Crippen molar-refractivity contribution in [3.63, 3.8) is 0 Å². The molecule has 0 aliphatic carbocycles. The first-order valence-corrected chi connectivity index (χ1v) is 10.5. The first-order valence-electron chi connectivity index (χ1n) is 10.5. The maximum absolute atomic E-state index is 13.0. The first-order chi connectivity index (χ1) is 13.5. The highest BCUT2D eigenvalue weighted by Gasteiger charge is 2.37. The molecule has 4 heterocycles. The molecule has 4 rings (SSSR count). The smallest absolute Gasteiger partial charge is 0.274 e. The lowest BCUT2D eigenvalue weighted by molar-refractivity contribution is -0.117. The normalized spacial score (nSPS) is 26.1. The van der Waals surface area contributed by atoms with E-state index in [-0.39, 0.29) is 17.9 Å². The van der Waals surface area contributed by atoms with Crippen molar-refractivity contribution in [1.82, 2.24) is 14.4 Å². The number of amides is 1. The highest BCUT2D eigenvalue weighted by Crippen LogP contribution is 2.37. The molecule has 2 fully saturated rings. The quantitative estimate of drug-likeness (QED) is 0.825. The van der Waals surface area contributed by atoms with Crippen LogP contribution in [0.2, 0.25) is 0 Å². The molecule has 28 heavy (non-hydrogen) atoms. The number of fused-ring (bicyclic) bond motifs is 4. The molecule has 7 heteroatoms. The molecular formula is C21H32N4O3. The Bertz CT molecular complexity index is 769. The molecule has 0 spiro atoms. The summed E-state index contributed by atoms with van der Waals surface area (Å²) in [5.74, 6) is 0.755. The molecule has 154 valence electrons. The Morgan fingerprint density at radius 3 is 2.75 bits per heavy atom. The van der Waals surface area contributed by atoms with Crippen molar-refractivity contribution >= 4 is 11.6 Å². The van der Waals surface area contributed by atoms with Crippen LogP contribution in [0.5, 0.6) is 0 Å². The van der Waals surface area contributed by atoms with E-state index >= 15 is 0 Å². The van der Waals surface area contributed by atoms with E-state index in [1.165, 1.54) is 32.4 Å². The van der Waals surface area contributed by atoms with E-state index in [1.807, 2.05) is 10.6 Å². The van der Waals surface area contributed by atoms with Gasteiger partial charge in [0, 0.05) is 44.4 Å². The van der Waals surface area contributed by atoms with Crippen LogP contribution >= 0.6 is 0 Å². The van der Waals surface area contributed by atoms with Gasteiger partial charge in [-0.15, -0.1) is 0 Å². The van der Waals surface area contributed by atoms with E-state index in [2.05, 4.69) is 22.2 Å². The predicted molar refractivity (Wildman–Crippen MR) is 109 cm³/mol. The number of methoxy groups -OCH3 is 1. The molecule has 7 nitrogen and oxygen atoms in total. The van der Waals surface area contributed by atoms with E-state index in [0.29, 0.717) is 30.2 Å². The average molecular weight is 389 g/mol. The van der Waals surface area contributed by atoms with Gasteiger partial charge >= 0.3 is 0 Å². The molecule has 1 aromatic rings. The van der Waals surface area contributed by atoms with Crippen molar-refractivity contribution < 1.29 is 9.53 Å². The third kappa shape index (κ3) is 4.02. The van der Waals surface area contributed by atoms with Crippen molar-refractivity contribution in [3.8, 4) is 0 Å². The van der Waals surface area contributed by atoms with Gasteiger partial charge in [0.25, 0.3) is 5.56 Å². The molecule has 0 saturated carbocycles. The number of hydrogen-bond donors (Lipinski definition) is 1. The van der Waals surface area contributed by atoms with Crippen molar-refractivity contribution in [2.75, 3.05) is 52.3 Å². The van der Waals surface area contributed by atoms with Crippen LogP contribution in [-0.4, -0.2) is 73.3 Å². The summed E-state index contributed by atoms with van der Waals surface area (Å²) in [6.07, 6.45) is 3.92. The van der Waals surface area contributed by atoms with Gasteiger partial charge < -0.3 is 19.5 Å². The van der Waals surface area contributed by atoms with Gasteiger partial charge in [-0.1, -0.05) is 0 Å². The maximum Gasteiger partial charge on any atom is 0.274 e. The number of piperidine rings is 2. The number of ether oxygens (including phenoxy) is 1. The third-order valence-corrected chi connectivity index (χ3v) is 6.64. The SMILES string of the molecule is COCCC(=O)Nc1ccc2n(c1=O)CC1CC2CN(C2CCN(C)CC2)C1. The van der Waals surface area contributed by atoms with Gasteiger partial charge in [-0.3, -0.25) is 14.5 Å². The van der Waals surface area contributed by atoms with E-state index in [4.69, 9.17) is 4.74 Å². The van der Waals surface area contributed by atoms with Crippen molar-refractivity contribution in [3.05, 3.63) is 28.2 Å². The van der Waals surface area contributed by atoms with Gasteiger partial charge in [0.1, 0.15) is 5.69 Å². The zero-order valence-electron chi connectivity index (χ0n) is 17.0. The lowest BCUT2D eigenvalue weighted by Crippen LogP contribution is -2.53. The molecule has 3 aliphatic heterocycles. The van der Waals surface area contributed by atoms with Crippen LogP contribution in [0.3, 0.4) is 0 Å². The van der Waals surface area contributed by atoms with Gasteiger partial charge in [0.15, 0.2) is 0 Å². The summed E-state index contributed by atoms with van der Waals surface area (Å²) in [5, 5.41) is 2.76. The summed E-state index contributed by atoms with van der Waals surface area (Å²) >= 11 is 0. The number of pyridine rings is 1. The fourth-order valence-electron chi connectivity index (χ4n) is 5.14. The molecule has 2 saturated heterocycles. The third-order valence-electron chi connectivity index (χ3n) is 6.64. The summed E-state index contributed by atoms with van der Waals surface area (Å²) < 4.78 is 6.85. The van der Waals surface area contributed by atoms with Crippen molar-refractivity contribution in [2.24, 2.45) is 5.92 Å². The monoisotopic (exact) mass is 388 g/mol. The molecule has 1 aromatic heterocycles. The molecule has 2 atom stereocenters. The molecule has 1 N–H and O–H groups in total. The Balaban J connectivity index is 1.49. The van der Waals surface area contributed by atoms with Crippen molar-refractivity contribution in [2.45, 2.75) is 44.2 Å². The van der Waals surface area contributed by atoms with Crippen LogP contribution in [-0.2, 0) is 16.1 Å². The van der Waals surface area contributed by atoms with E-state index in [0.717, 1.165) is 25.3 Å². The Hall–Kier alpha value is -1.70. The van der Waals surface area contributed by atoms with E-state index in [9.17, 15) is 9.59 Å². The molecule has 0 aromatic carbocycles. The number of nitrogens with one attached hydrogen (secondary N) is 1. The zero-order valence-corrected chi connectivity index (χ0v) is 17.0. The molecule has 2 unspecified atom stereocenters. The Kier molecular flexibility index (Phi) is 5.85. The number of likely N-dealkylation sites (tertiary alicyclic amines) is 2. The average Bonchev–Trinajstić information content (AvgIpc) is 2.69. The first kappa shape index (κ1) is 19.6. The number of rotatable bonds is 5. The molecule has 2 bridgehead atoms. The maximum atomic E-state index is 13.0. The summed E-state index contributed by atoms with van der Waals surface area (Å²) in [5.41, 5.74) is 1.46. The van der Waals surface area contributed by atoms with Crippen LogP contribution in [0.15, 0.2) is 16.9 Å². The van der Waals surface area contributed by atoms with Gasteiger partial charge in [-0.05, 0) is 57.5 Å². The van der Waals surface area contributed by atoms with Gasteiger partial charge in [0.2, 0.25) is 5.91 Å². The number of hydrogen-bond acceptors (Lipinski definition) is 5. The van der Waals surface area contributed by atoms with Gasteiger partial charge in [0.05, 0.1) is 13.0 Å². The van der Waals surface area contributed by atoms with Gasteiger partial charge in [-0.25, -0.2) is 0 Å². The van der Waals surface area contributed by atoms with Crippen LogP contribution in [0, 0.1) is 5.92 Å². The second-order valence-electron chi connectivity index (χ2n) is 8.67. The molecule has 0 radical (unpaired) electrons. The second-order valence-corrected chi connectivity index (χ2v) is 8.67. The fourth-order valence-corrected chi connectivity index (χ4v) is 5.14.